The van der Waals surface area contributed by atoms with Gasteiger partial charge in [-0.15, -0.1) is 0 Å². The summed E-state index contributed by atoms with van der Waals surface area (Å²) in [5.41, 5.74) is 10.1. The van der Waals surface area contributed by atoms with Crippen LogP contribution in [0, 0.1) is 10.8 Å². The summed E-state index contributed by atoms with van der Waals surface area (Å²) in [4.78, 5) is 0. The highest BCUT2D eigenvalue weighted by Crippen LogP contribution is 2.06. The molecule has 0 aliphatic rings. The first kappa shape index (κ1) is 16.1. The molecule has 0 aliphatic heterocycles. The fourth-order valence-electron chi connectivity index (χ4n) is 0.508. The number of nitrogens with one attached hydrogen (secondary N) is 2. The second-order valence-corrected chi connectivity index (χ2v) is 6.30. The highest BCUT2D eigenvalue weighted by Gasteiger charge is 1.93. The number of thioether (sulfide) groups is 2. The fourth-order valence-corrected chi connectivity index (χ4v) is 1.52. The van der Waals surface area contributed by atoms with E-state index < -0.39 is 0 Å². The Morgan fingerprint density at radius 1 is 0.857 bits per heavy atom. The van der Waals surface area contributed by atoms with Gasteiger partial charge in [0.05, 0.1) is 0 Å². The normalized spacial score (nSPS) is 9.57. The van der Waals surface area contributed by atoms with Gasteiger partial charge in [-0.25, -0.2) is 0 Å². The van der Waals surface area contributed by atoms with Crippen LogP contribution in [0.2, 0.25) is 0 Å². The number of nitrogens with two attached hydrogens (primary N) is 2. The van der Waals surface area contributed by atoms with Crippen LogP contribution in [0.5, 0.6) is 0 Å². The molecule has 0 aromatic heterocycles. The van der Waals surface area contributed by atoms with Crippen LogP contribution in [0.3, 0.4) is 0 Å². The molecule has 84 valence electrons. The van der Waals surface area contributed by atoms with E-state index >= 15 is 0 Å². The van der Waals surface area contributed by atoms with E-state index in [4.69, 9.17) is 22.3 Å². The molecular weight excluding hydrogens is 216 g/mol. The molecule has 6 heteroatoms. The van der Waals surface area contributed by atoms with Crippen LogP contribution in [-0.2, 0) is 0 Å². The molecule has 0 spiro atoms. The Morgan fingerprint density at radius 3 is 1.07 bits per heavy atom. The molecule has 4 nitrogen and oxygen atoms in total. The zero-order chi connectivity index (χ0) is 11.7. The molecule has 0 saturated carbocycles. The average Bonchev–Trinajstić information content (AvgIpc) is 1.79. The maximum Gasteiger partial charge on any atom is 0.151 e. The molecule has 0 atom stereocenters. The Morgan fingerprint density at radius 2 is 1.07 bits per heavy atom. The van der Waals surface area contributed by atoms with Gasteiger partial charge in [0.1, 0.15) is 0 Å². The van der Waals surface area contributed by atoms with Crippen molar-refractivity contribution in [1.82, 2.24) is 0 Å². The second kappa shape index (κ2) is 9.21. The average molecular weight is 236 g/mol. The molecule has 14 heavy (non-hydrogen) atoms. The van der Waals surface area contributed by atoms with Gasteiger partial charge in [0.15, 0.2) is 10.3 Å². The molecule has 0 amide bonds. The summed E-state index contributed by atoms with van der Waals surface area (Å²) in [6.45, 7) is 8.02. The lowest BCUT2D eigenvalue weighted by Gasteiger charge is -1.98. The highest BCUT2D eigenvalue weighted by atomic mass is 32.2. The molecule has 6 N–H and O–H groups in total. The van der Waals surface area contributed by atoms with Crippen molar-refractivity contribution in [3.63, 3.8) is 0 Å². The van der Waals surface area contributed by atoms with Crippen LogP contribution in [0.25, 0.3) is 0 Å². The van der Waals surface area contributed by atoms with Crippen molar-refractivity contribution in [2.45, 2.75) is 38.2 Å². The summed E-state index contributed by atoms with van der Waals surface area (Å²) in [7, 11) is 0. The molecule has 0 rings (SSSR count). The number of amidine groups is 2. The van der Waals surface area contributed by atoms with Gasteiger partial charge in [-0.3, -0.25) is 10.8 Å². The van der Waals surface area contributed by atoms with Crippen molar-refractivity contribution < 1.29 is 0 Å². The molecule has 0 aromatic carbocycles. The van der Waals surface area contributed by atoms with Gasteiger partial charge in [0, 0.05) is 10.5 Å². The minimum Gasteiger partial charge on any atom is -0.379 e. The van der Waals surface area contributed by atoms with Gasteiger partial charge in [0.2, 0.25) is 0 Å². The molecule has 0 aliphatic carbocycles. The molecular formula is C8H20N4S2. The molecule has 0 bridgehead atoms. The third-order valence-electron chi connectivity index (χ3n) is 0.725. The largest absolute Gasteiger partial charge is 0.379 e. The van der Waals surface area contributed by atoms with Gasteiger partial charge in [-0.1, -0.05) is 51.2 Å². The fraction of sp³-hybridized carbons (Fsp3) is 0.750. The molecule has 0 fully saturated rings. The lowest BCUT2D eigenvalue weighted by molar-refractivity contribution is 1.12. The topological polar surface area (TPSA) is 99.7 Å². The predicted molar refractivity (Wildman–Crippen MR) is 69.3 cm³/mol. The number of hydrogen-bond donors (Lipinski definition) is 4. The third kappa shape index (κ3) is 22.6. The summed E-state index contributed by atoms with van der Waals surface area (Å²) in [5.74, 6) is 0. The van der Waals surface area contributed by atoms with Gasteiger partial charge in [0.25, 0.3) is 0 Å². The number of rotatable bonds is 2. The minimum absolute atomic E-state index is 0.204. The van der Waals surface area contributed by atoms with Crippen LogP contribution >= 0.6 is 23.5 Å². The molecule has 0 unspecified atom stereocenters. The van der Waals surface area contributed by atoms with Crippen molar-refractivity contribution in [2.75, 3.05) is 0 Å². The maximum atomic E-state index is 6.77. The Labute approximate surface area is 94.6 Å². The predicted octanol–water partition coefficient (Wildman–Crippen LogP) is 2.04. The first-order valence-electron chi connectivity index (χ1n) is 4.27. The molecule has 0 radical (unpaired) electrons. The van der Waals surface area contributed by atoms with Crippen molar-refractivity contribution in [3.05, 3.63) is 0 Å². The molecule has 0 heterocycles. The minimum atomic E-state index is 0.204. The quantitative estimate of drug-likeness (QED) is 0.435. The standard InChI is InChI=1S/2C4H10N2S/c2*1-3(2)7-4(5)6/h2*3H,1-2H3,(H3,5,6). The third-order valence-corrected chi connectivity index (χ3v) is 2.18. The Balaban J connectivity index is 0. The summed E-state index contributed by atoms with van der Waals surface area (Å²) < 4.78 is 0. The summed E-state index contributed by atoms with van der Waals surface area (Å²) in [6.07, 6.45) is 0. The van der Waals surface area contributed by atoms with E-state index in [2.05, 4.69) is 0 Å². The Hall–Kier alpha value is -0.360. The van der Waals surface area contributed by atoms with E-state index in [0.717, 1.165) is 0 Å². The Kier molecular flexibility index (Phi) is 10.6. The van der Waals surface area contributed by atoms with Crippen molar-refractivity contribution in [3.8, 4) is 0 Å². The van der Waals surface area contributed by atoms with Crippen LogP contribution in [0.4, 0.5) is 0 Å². The summed E-state index contributed by atoms with van der Waals surface area (Å²) >= 11 is 2.74. The van der Waals surface area contributed by atoms with Gasteiger partial charge < -0.3 is 11.5 Å². The second-order valence-electron chi connectivity index (χ2n) is 3.06. The highest BCUT2D eigenvalue weighted by molar-refractivity contribution is 8.14. The van der Waals surface area contributed by atoms with Crippen molar-refractivity contribution >= 4 is 33.9 Å². The summed E-state index contributed by atoms with van der Waals surface area (Å²) in [6, 6.07) is 0. The van der Waals surface area contributed by atoms with Crippen LogP contribution < -0.4 is 11.5 Å². The molecule has 0 saturated heterocycles. The zero-order valence-electron chi connectivity index (χ0n) is 9.13. The van der Waals surface area contributed by atoms with E-state index in [1.807, 2.05) is 27.7 Å². The SMILES string of the molecule is CC(C)SC(=N)N.CC(C)SC(=N)N. The van der Waals surface area contributed by atoms with Crippen LogP contribution in [-0.4, -0.2) is 20.8 Å². The lowest BCUT2D eigenvalue weighted by atomic mass is 10.6. The van der Waals surface area contributed by atoms with E-state index in [1.54, 1.807) is 0 Å². The number of hydrogen-bond acceptors (Lipinski definition) is 4. The van der Waals surface area contributed by atoms with Crippen molar-refractivity contribution in [2.24, 2.45) is 11.5 Å². The van der Waals surface area contributed by atoms with Crippen LogP contribution in [0.1, 0.15) is 27.7 Å². The van der Waals surface area contributed by atoms with Crippen LogP contribution in [0.15, 0.2) is 0 Å². The smallest absolute Gasteiger partial charge is 0.151 e. The zero-order valence-corrected chi connectivity index (χ0v) is 10.8. The lowest BCUT2D eigenvalue weighted by Crippen LogP contribution is -2.07. The molecule has 0 aromatic rings. The Bertz CT molecular complexity index is 160. The van der Waals surface area contributed by atoms with Gasteiger partial charge in [-0.05, 0) is 0 Å². The van der Waals surface area contributed by atoms with Gasteiger partial charge in [-0.2, -0.15) is 0 Å². The monoisotopic (exact) mass is 236 g/mol. The van der Waals surface area contributed by atoms with Gasteiger partial charge >= 0.3 is 0 Å². The summed E-state index contributed by atoms with van der Waals surface area (Å²) in [5, 5.41) is 14.8. The van der Waals surface area contributed by atoms with Crippen molar-refractivity contribution in [1.29, 1.82) is 10.8 Å². The van der Waals surface area contributed by atoms with E-state index in [1.165, 1.54) is 23.5 Å². The van der Waals surface area contributed by atoms with E-state index in [0.29, 0.717) is 10.5 Å². The van der Waals surface area contributed by atoms with E-state index in [9.17, 15) is 0 Å². The first-order chi connectivity index (χ1) is 6.25. The first-order valence-corrected chi connectivity index (χ1v) is 6.03. The van der Waals surface area contributed by atoms with E-state index in [-0.39, 0.29) is 10.3 Å². The maximum absolute atomic E-state index is 6.77.